The van der Waals surface area contributed by atoms with Crippen molar-refractivity contribution in [2.75, 3.05) is 18.8 Å². The molecule has 0 aliphatic carbocycles. The molecule has 2 heterocycles. The van der Waals surface area contributed by atoms with Crippen LogP contribution in [0.2, 0.25) is 0 Å². The highest BCUT2D eigenvalue weighted by Crippen LogP contribution is 2.27. The number of thiazole rings is 1. The number of nitrogens with zero attached hydrogens (tertiary/aromatic N) is 1. The summed E-state index contributed by atoms with van der Waals surface area (Å²) in [4.78, 5) is 4.26. The number of hydrogen-bond donors (Lipinski definition) is 1. The maximum absolute atomic E-state index is 12.4. The summed E-state index contributed by atoms with van der Waals surface area (Å²) in [5, 5.41) is 3.25. The maximum atomic E-state index is 12.4. The lowest BCUT2D eigenvalue weighted by atomic mass is 10.0. The summed E-state index contributed by atoms with van der Waals surface area (Å²) in [5.41, 5.74) is 0.771. The molecule has 1 atom stereocenters. The van der Waals surface area contributed by atoms with E-state index in [1.54, 1.807) is 0 Å². The van der Waals surface area contributed by atoms with Gasteiger partial charge in [-0.3, -0.25) is 0 Å². The third-order valence-electron chi connectivity index (χ3n) is 3.39. The van der Waals surface area contributed by atoms with Crippen molar-refractivity contribution in [1.82, 2.24) is 10.3 Å². The Morgan fingerprint density at radius 2 is 2.21 bits per heavy atom. The molecule has 4 nitrogen and oxygen atoms in total. The third-order valence-corrected chi connectivity index (χ3v) is 6.77. The van der Waals surface area contributed by atoms with Crippen LogP contribution in [0, 0.1) is 5.92 Å². The van der Waals surface area contributed by atoms with Crippen molar-refractivity contribution in [2.24, 2.45) is 5.92 Å². The molecule has 19 heavy (non-hydrogen) atoms. The Morgan fingerprint density at radius 1 is 1.37 bits per heavy atom. The van der Waals surface area contributed by atoms with Crippen LogP contribution in [0.4, 0.5) is 0 Å². The van der Waals surface area contributed by atoms with Gasteiger partial charge in [-0.1, -0.05) is 12.1 Å². The van der Waals surface area contributed by atoms with Crippen LogP contribution in [-0.2, 0) is 9.84 Å². The van der Waals surface area contributed by atoms with Crippen molar-refractivity contribution >= 4 is 31.4 Å². The minimum absolute atomic E-state index is 0.208. The largest absolute Gasteiger partial charge is 0.316 e. The lowest BCUT2D eigenvalue weighted by molar-refractivity contribution is 0.404. The first kappa shape index (κ1) is 13.0. The molecule has 1 aliphatic heterocycles. The molecule has 102 valence electrons. The monoisotopic (exact) mass is 296 g/mol. The van der Waals surface area contributed by atoms with Gasteiger partial charge in [-0.05, 0) is 44.0 Å². The summed E-state index contributed by atoms with van der Waals surface area (Å²) in [7, 11) is -3.25. The summed E-state index contributed by atoms with van der Waals surface area (Å²) in [5.74, 6) is 0.422. The summed E-state index contributed by atoms with van der Waals surface area (Å²) in [6.07, 6.45) is 2.04. The molecule has 3 rings (SSSR count). The fourth-order valence-corrected chi connectivity index (χ4v) is 5.40. The zero-order chi connectivity index (χ0) is 13.3. The molecule has 0 spiro atoms. The minimum Gasteiger partial charge on any atom is -0.316 e. The number of sulfone groups is 1. The maximum Gasteiger partial charge on any atom is 0.210 e. The molecular weight excluding hydrogens is 280 g/mol. The van der Waals surface area contributed by atoms with E-state index in [-0.39, 0.29) is 16.0 Å². The first-order valence-corrected chi connectivity index (χ1v) is 8.91. The molecule has 1 fully saturated rings. The summed E-state index contributed by atoms with van der Waals surface area (Å²) in [6, 6.07) is 7.55. The van der Waals surface area contributed by atoms with Gasteiger partial charge in [0.05, 0.1) is 16.0 Å². The lowest BCUT2D eigenvalue weighted by Crippen LogP contribution is -2.33. The zero-order valence-corrected chi connectivity index (χ0v) is 12.1. The zero-order valence-electron chi connectivity index (χ0n) is 10.5. The van der Waals surface area contributed by atoms with E-state index in [9.17, 15) is 8.42 Å². The van der Waals surface area contributed by atoms with Crippen LogP contribution in [0.1, 0.15) is 12.8 Å². The fourth-order valence-electron chi connectivity index (χ4n) is 2.43. The van der Waals surface area contributed by atoms with E-state index in [1.165, 1.54) is 11.3 Å². The number of piperidine rings is 1. The average molecular weight is 296 g/mol. The Morgan fingerprint density at radius 3 is 2.95 bits per heavy atom. The van der Waals surface area contributed by atoms with Crippen LogP contribution in [0.25, 0.3) is 10.2 Å². The Bertz CT molecular complexity index is 640. The van der Waals surface area contributed by atoms with Crippen molar-refractivity contribution in [1.29, 1.82) is 0 Å². The van der Waals surface area contributed by atoms with Crippen molar-refractivity contribution in [2.45, 2.75) is 17.2 Å². The highest BCUT2D eigenvalue weighted by Gasteiger charge is 2.25. The van der Waals surface area contributed by atoms with Gasteiger partial charge in [0.1, 0.15) is 0 Å². The second-order valence-electron chi connectivity index (χ2n) is 4.94. The average Bonchev–Trinajstić information content (AvgIpc) is 2.84. The van der Waals surface area contributed by atoms with Crippen molar-refractivity contribution in [3.63, 3.8) is 0 Å². The normalized spacial score (nSPS) is 20.7. The number of benzene rings is 1. The van der Waals surface area contributed by atoms with Crippen LogP contribution < -0.4 is 5.32 Å². The fraction of sp³-hybridized carbons (Fsp3) is 0.462. The lowest BCUT2D eigenvalue weighted by Gasteiger charge is -2.21. The second kappa shape index (κ2) is 5.19. The van der Waals surface area contributed by atoms with E-state index >= 15 is 0 Å². The topological polar surface area (TPSA) is 59.1 Å². The van der Waals surface area contributed by atoms with Gasteiger partial charge >= 0.3 is 0 Å². The Hall–Kier alpha value is -0.980. The Labute approximate surface area is 116 Å². The molecule has 1 unspecified atom stereocenters. The molecule has 0 radical (unpaired) electrons. The van der Waals surface area contributed by atoms with Gasteiger partial charge in [0, 0.05) is 0 Å². The minimum atomic E-state index is -3.25. The highest BCUT2D eigenvalue weighted by molar-refractivity contribution is 7.93. The van der Waals surface area contributed by atoms with Gasteiger partial charge in [0.25, 0.3) is 0 Å². The van der Waals surface area contributed by atoms with E-state index in [0.29, 0.717) is 0 Å². The van der Waals surface area contributed by atoms with E-state index in [2.05, 4.69) is 10.3 Å². The number of aromatic nitrogens is 1. The van der Waals surface area contributed by atoms with Crippen LogP contribution in [-0.4, -0.2) is 32.2 Å². The molecule has 1 N–H and O–H groups in total. The predicted octanol–water partition coefficient (Wildman–Crippen LogP) is 2.07. The molecule has 0 saturated carbocycles. The summed E-state index contributed by atoms with van der Waals surface area (Å²) in [6.45, 7) is 1.79. The van der Waals surface area contributed by atoms with E-state index in [1.807, 2.05) is 24.3 Å². The molecule has 1 aromatic carbocycles. The van der Waals surface area contributed by atoms with Gasteiger partial charge in [0.15, 0.2) is 0 Å². The van der Waals surface area contributed by atoms with Crippen LogP contribution in [0.5, 0.6) is 0 Å². The first-order valence-electron chi connectivity index (χ1n) is 6.44. The SMILES string of the molecule is O=S(=O)(CC1CCCNC1)c1nc2ccccc2s1. The second-order valence-corrected chi connectivity index (χ2v) is 8.18. The molecule has 0 bridgehead atoms. The number of fused-ring (bicyclic) bond motifs is 1. The molecule has 2 aromatic rings. The number of nitrogens with one attached hydrogen (secondary N) is 1. The molecular formula is C13H16N2O2S2. The Kier molecular flexibility index (Phi) is 3.56. The number of rotatable bonds is 3. The van der Waals surface area contributed by atoms with Crippen molar-refractivity contribution < 1.29 is 8.42 Å². The van der Waals surface area contributed by atoms with E-state index in [4.69, 9.17) is 0 Å². The quantitative estimate of drug-likeness (QED) is 0.942. The van der Waals surface area contributed by atoms with Crippen LogP contribution >= 0.6 is 11.3 Å². The predicted molar refractivity (Wildman–Crippen MR) is 77.3 cm³/mol. The van der Waals surface area contributed by atoms with Crippen molar-refractivity contribution in [3.8, 4) is 0 Å². The third kappa shape index (κ3) is 2.80. The summed E-state index contributed by atoms with van der Waals surface area (Å²) >= 11 is 1.27. The van der Waals surface area contributed by atoms with Gasteiger partial charge < -0.3 is 5.32 Å². The molecule has 1 saturated heterocycles. The standard InChI is InChI=1S/C13H16N2O2S2/c16-19(17,9-10-4-3-7-14-8-10)13-15-11-5-1-2-6-12(11)18-13/h1-2,5-6,10,14H,3-4,7-9H2. The summed E-state index contributed by atoms with van der Waals surface area (Å²) < 4.78 is 26.0. The highest BCUT2D eigenvalue weighted by atomic mass is 32.2. The van der Waals surface area contributed by atoms with Gasteiger partial charge in [-0.25, -0.2) is 13.4 Å². The van der Waals surface area contributed by atoms with Gasteiger partial charge in [0.2, 0.25) is 14.2 Å². The van der Waals surface area contributed by atoms with Crippen molar-refractivity contribution in [3.05, 3.63) is 24.3 Å². The van der Waals surface area contributed by atoms with Gasteiger partial charge in [-0.15, -0.1) is 11.3 Å². The van der Waals surface area contributed by atoms with E-state index in [0.717, 1.165) is 36.1 Å². The van der Waals surface area contributed by atoms with Crippen LogP contribution in [0.15, 0.2) is 28.6 Å². The first-order chi connectivity index (χ1) is 9.15. The molecule has 0 amide bonds. The Balaban J connectivity index is 1.86. The number of hydrogen-bond acceptors (Lipinski definition) is 5. The van der Waals surface area contributed by atoms with E-state index < -0.39 is 9.84 Å². The van der Waals surface area contributed by atoms with Crippen LogP contribution in [0.3, 0.4) is 0 Å². The molecule has 1 aliphatic rings. The molecule has 1 aromatic heterocycles. The number of para-hydroxylation sites is 1. The molecule has 6 heteroatoms. The van der Waals surface area contributed by atoms with Gasteiger partial charge in [-0.2, -0.15) is 0 Å². The smallest absolute Gasteiger partial charge is 0.210 e.